The molecule has 110 valence electrons. The van der Waals surface area contributed by atoms with Gasteiger partial charge in [0.05, 0.1) is 4.92 Å². The lowest BCUT2D eigenvalue weighted by molar-refractivity contribution is -0.385. The molecule has 0 bridgehead atoms. The molecule has 1 heterocycles. The molecule has 21 heavy (non-hydrogen) atoms. The monoisotopic (exact) mass is 350 g/mol. The summed E-state index contributed by atoms with van der Waals surface area (Å²) < 4.78 is 1.00. The number of nitrogens with zero attached hydrogens (tertiary/aromatic N) is 3. The maximum absolute atomic E-state index is 11.2. The van der Waals surface area contributed by atoms with Crippen molar-refractivity contribution in [3.05, 3.63) is 55.4 Å². The zero-order valence-corrected chi connectivity index (χ0v) is 13.6. The van der Waals surface area contributed by atoms with E-state index in [-0.39, 0.29) is 11.5 Å². The standard InChI is InChI=1S/C14H15BrN4O2/c1-8-6-12(15)5-4-11(8)7-16-14-13(19(20)21)9(2)17-10(3)18-14/h4-6H,7H2,1-3H3,(H,16,17,18). The molecule has 0 spiro atoms. The van der Waals surface area contributed by atoms with E-state index in [2.05, 4.69) is 31.2 Å². The highest BCUT2D eigenvalue weighted by molar-refractivity contribution is 9.10. The van der Waals surface area contributed by atoms with Gasteiger partial charge in [0, 0.05) is 11.0 Å². The van der Waals surface area contributed by atoms with Crippen molar-refractivity contribution in [2.45, 2.75) is 27.3 Å². The summed E-state index contributed by atoms with van der Waals surface area (Å²) in [6.45, 7) is 5.79. The average Bonchev–Trinajstić information content (AvgIpc) is 2.36. The molecular formula is C14H15BrN4O2. The molecule has 6 nitrogen and oxygen atoms in total. The molecule has 2 rings (SSSR count). The first-order valence-electron chi connectivity index (χ1n) is 6.37. The minimum atomic E-state index is -0.453. The Hall–Kier alpha value is -2.02. The highest BCUT2D eigenvalue weighted by Gasteiger charge is 2.20. The molecule has 2 aromatic rings. The second-order valence-corrected chi connectivity index (χ2v) is 5.65. The molecule has 0 fully saturated rings. The summed E-state index contributed by atoms with van der Waals surface area (Å²) in [5.74, 6) is 0.764. The first-order chi connectivity index (χ1) is 9.88. The van der Waals surface area contributed by atoms with Gasteiger partial charge in [-0.15, -0.1) is 0 Å². The van der Waals surface area contributed by atoms with Crippen LogP contribution in [0.5, 0.6) is 0 Å². The maximum Gasteiger partial charge on any atom is 0.332 e. The highest BCUT2D eigenvalue weighted by atomic mass is 79.9. The molecule has 0 saturated carbocycles. The number of aryl methyl sites for hydroxylation is 3. The summed E-state index contributed by atoms with van der Waals surface area (Å²) >= 11 is 3.41. The number of aromatic nitrogens is 2. The van der Waals surface area contributed by atoms with Gasteiger partial charge in [-0.1, -0.05) is 22.0 Å². The predicted octanol–water partition coefficient (Wildman–Crippen LogP) is 3.68. The predicted molar refractivity (Wildman–Crippen MR) is 84.4 cm³/mol. The number of nitrogens with one attached hydrogen (secondary N) is 1. The van der Waals surface area contributed by atoms with E-state index in [1.807, 2.05) is 25.1 Å². The van der Waals surface area contributed by atoms with Crippen LogP contribution < -0.4 is 5.32 Å². The number of nitro groups is 1. The minimum absolute atomic E-state index is 0.0737. The number of anilines is 1. The Balaban J connectivity index is 2.29. The molecule has 0 aliphatic carbocycles. The zero-order chi connectivity index (χ0) is 15.6. The van der Waals surface area contributed by atoms with Gasteiger partial charge in [0.25, 0.3) is 0 Å². The van der Waals surface area contributed by atoms with Gasteiger partial charge >= 0.3 is 5.69 Å². The lowest BCUT2D eigenvalue weighted by Crippen LogP contribution is -2.09. The molecule has 0 radical (unpaired) electrons. The summed E-state index contributed by atoms with van der Waals surface area (Å²) in [6, 6.07) is 5.91. The van der Waals surface area contributed by atoms with E-state index in [9.17, 15) is 10.1 Å². The second-order valence-electron chi connectivity index (χ2n) is 4.73. The summed E-state index contributed by atoms with van der Waals surface area (Å²) in [5.41, 5.74) is 2.45. The van der Waals surface area contributed by atoms with Crippen LogP contribution in [0.15, 0.2) is 22.7 Å². The maximum atomic E-state index is 11.2. The summed E-state index contributed by atoms with van der Waals surface area (Å²) in [5, 5.41) is 14.2. The number of hydrogen-bond acceptors (Lipinski definition) is 5. The first kappa shape index (κ1) is 15.4. The van der Waals surface area contributed by atoms with Crippen LogP contribution in [0.1, 0.15) is 22.6 Å². The van der Waals surface area contributed by atoms with Gasteiger partial charge in [-0.25, -0.2) is 9.97 Å². The third-order valence-corrected chi connectivity index (χ3v) is 3.60. The van der Waals surface area contributed by atoms with Crippen molar-refractivity contribution >= 4 is 27.4 Å². The molecule has 0 aliphatic heterocycles. The molecule has 0 unspecified atom stereocenters. The quantitative estimate of drug-likeness (QED) is 0.671. The Morgan fingerprint density at radius 2 is 2.00 bits per heavy atom. The fraction of sp³-hybridized carbons (Fsp3) is 0.286. The summed E-state index contributed by atoms with van der Waals surface area (Å²) in [6.07, 6.45) is 0. The van der Waals surface area contributed by atoms with E-state index in [4.69, 9.17) is 0 Å². The smallest absolute Gasteiger partial charge is 0.332 e. The fourth-order valence-electron chi connectivity index (χ4n) is 2.09. The van der Waals surface area contributed by atoms with Crippen molar-refractivity contribution in [2.24, 2.45) is 0 Å². The van der Waals surface area contributed by atoms with Crippen LogP contribution in [-0.2, 0) is 6.54 Å². The highest BCUT2D eigenvalue weighted by Crippen LogP contribution is 2.26. The Bertz CT molecular complexity index is 704. The molecule has 1 aromatic carbocycles. The molecule has 0 aliphatic rings. The Morgan fingerprint density at radius 1 is 1.29 bits per heavy atom. The van der Waals surface area contributed by atoms with Crippen molar-refractivity contribution in [3.63, 3.8) is 0 Å². The largest absolute Gasteiger partial charge is 0.360 e. The molecule has 1 aromatic heterocycles. The minimum Gasteiger partial charge on any atom is -0.360 e. The van der Waals surface area contributed by atoms with Gasteiger partial charge in [-0.3, -0.25) is 10.1 Å². The van der Waals surface area contributed by atoms with E-state index in [1.54, 1.807) is 13.8 Å². The lowest BCUT2D eigenvalue weighted by atomic mass is 10.1. The average molecular weight is 351 g/mol. The van der Waals surface area contributed by atoms with Gasteiger partial charge in [0.2, 0.25) is 5.82 Å². The Labute approximate surface area is 130 Å². The lowest BCUT2D eigenvalue weighted by Gasteiger charge is -2.10. The number of rotatable bonds is 4. The summed E-state index contributed by atoms with van der Waals surface area (Å²) in [7, 11) is 0. The normalized spacial score (nSPS) is 10.5. The van der Waals surface area contributed by atoms with E-state index in [0.29, 0.717) is 18.1 Å². The molecule has 1 N–H and O–H groups in total. The van der Waals surface area contributed by atoms with Crippen molar-refractivity contribution in [2.75, 3.05) is 5.32 Å². The van der Waals surface area contributed by atoms with Crippen LogP contribution in [-0.4, -0.2) is 14.9 Å². The molecule has 0 saturated heterocycles. The van der Waals surface area contributed by atoms with Crippen LogP contribution in [0.25, 0.3) is 0 Å². The van der Waals surface area contributed by atoms with E-state index < -0.39 is 4.92 Å². The third-order valence-electron chi connectivity index (χ3n) is 3.10. The third kappa shape index (κ3) is 3.55. The number of halogens is 1. The number of benzene rings is 1. The van der Waals surface area contributed by atoms with Crippen molar-refractivity contribution in [1.82, 2.24) is 9.97 Å². The second kappa shape index (κ2) is 6.17. The van der Waals surface area contributed by atoms with E-state index in [1.165, 1.54) is 0 Å². The molecule has 7 heteroatoms. The van der Waals surface area contributed by atoms with Crippen molar-refractivity contribution in [1.29, 1.82) is 0 Å². The molecular weight excluding hydrogens is 336 g/mol. The van der Waals surface area contributed by atoms with Gasteiger partial charge < -0.3 is 5.32 Å². The van der Waals surface area contributed by atoms with Gasteiger partial charge in [0.15, 0.2) is 0 Å². The van der Waals surface area contributed by atoms with Gasteiger partial charge in [0.1, 0.15) is 11.5 Å². The zero-order valence-electron chi connectivity index (χ0n) is 12.0. The topological polar surface area (TPSA) is 81.0 Å². The summed E-state index contributed by atoms with van der Waals surface area (Å²) in [4.78, 5) is 18.9. The van der Waals surface area contributed by atoms with Gasteiger partial charge in [-0.05, 0) is 44.0 Å². The molecule has 0 atom stereocenters. The fourth-order valence-corrected chi connectivity index (χ4v) is 2.56. The Kier molecular flexibility index (Phi) is 4.52. The van der Waals surface area contributed by atoms with Crippen LogP contribution in [0.4, 0.5) is 11.5 Å². The van der Waals surface area contributed by atoms with Crippen molar-refractivity contribution < 1.29 is 4.92 Å². The number of hydrogen-bond donors (Lipinski definition) is 1. The van der Waals surface area contributed by atoms with Crippen LogP contribution in [0.2, 0.25) is 0 Å². The van der Waals surface area contributed by atoms with Crippen LogP contribution in [0, 0.1) is 30.9 Å². The van der Waals surface area contributed by atoms with E-state index >= 15 is 0 Å². The van der Waals surface area contributed by atoms with Crippen molar-refractivity contribution in [3.8, 4) is 0 Å². The van der Waals surface area contributed by atoms with E-state index in [0.717, 1.165) is 15.6 Å². The van der Waals surface area contributed by atoms with Gasteiger partial charge in [-0.2, -0.15) is 0 Å². The van der Waals surface area contributed by atoms with Crippen LogP contribution >= 0.6 is 15.9 Å². The SMILES string of the molecule is Cc1nc(C)c([N+](=O)[O-])c(NCc2ccc(Br)cc2C)n1. The first-order valence-corrected chi connectivity index (χ1v) is 7.16. The van der Waals surface area contributed by atoms with Crippen LogP contribution in [0.3, 0.4) is 0 Å². The Morgan fingerprint density at radius 3 is 2.62 bits per heavy atom. The molecule has 0 amide bonds.